The lowest BCUT2D eigenvalue weighted by molar-refractivity contribution is 0.0581. The van der Waals surface area contributed by atoms with Gasteiger partial charge in [0.25, 0.3) is 0 Å². The quantitative estimate of drug-likeness (QED) is 0.913. The number of rotatable bonds is 4. The van der Waals surface area contributed by atoms with Crippen molar-refractivity contribution in [3.8, 4) is 0 Å². The van der Waals surface area contributed by atoms with E-state index in [4.69, 9.17) is 4.52 Å². The van der Waals surface area contributed by atoms with Gasteiger partial charge in [-0.2, -0.15) is 4.98 Å². The van der Waals surface area contributed by atoms with E-state index < -0.39 is 0 Å². The summed E-state index contributed by atoms with van der Waals surface area (Å²) < 4.78 is 5.28. The summed E-state index contributed by atoms with van der Waals surface area (Å²) >= 11 is 0. The molecule has 2 saturated heterocycles. The Hall–Kier alpha value is -0.940. The van der Waals surface area contributed by atoms with E-state index in [1.165, 1.54) is 51.9 Å². The van der Waals surface area contributed by atoms with Gasteiger partial charge in [0.1, 0.15) is 0 Å². The van der Waals surface area contributed by atoms with Crippen molar-refractivity contribution >= 4 is 0 Å². The summed E-state index contributed by atoms with van der Waals surface area (Å²) in [7, 11) is 0. The van der Waals surface area contributed by atoms with Crippen LogP contribution in [-0.2, 0) is 13.0 Å². The van der Waals surface area contributed by atoms with Crippen molar-refractivity contribution in [2.45, 2.75) is 52.0 Å². The molecule has 1 aromatic heterocycles. The Morgan fingerprint density at radius 1 is 1.35 bits per heavy atom. The van der Waals surface area contributed by atoms with E-state index in [0.29, 0.717) is 5.41 Å². The molecule has 0 radical (unpaired) electrons. The Balaban J connectivity index is 1.59. The van der Waals surface area contributed by atoms with Crippen LogP contribution in [0.5, 0.6) is 0 Å². The van der Waals surface area contributed by atoms with Gasteiger partial charge in [-0.3, -0.25) is 4.90 Å². The van der Waals surface area contributed by atoms with Crippen LogP contribution in [0.15, 0.2) is 4.52 Å². The van der Waals surface area contributed by atoms with Crippen LogP contribution in [0.4, 0.5) is 0 Å². The number of aryl methyl sites for hydroxylation is 1. The Morgan fingerprint density at radius 3 is 3.05 bits per heavy atom. The summed E-state index contributed by atoms with van der Waals surface area (Å²) in [6.45, 7) is 7.68. The van der Waals surface area contributed by atoms with Gasteiger partial charge in [-0.15, -0.1) is 0 Å². The topological polar surface area (TPSA) is 54.2 Å². The number of piperidine rings is 2. The highest BCUT2D eigenvalue weighted by Crippen LogP contribution is 2.36. The SMILES string of the molecule is CCCc1nc(CN2CCCC3(CCCNC3)C2)no1. The van der Waals surface area contributed by atoms with Crippen molar-refractivity contribution in [2.24, 2.45) is 5.41 Å². The van der Waals surface area contributed by atoms with Crippen molar-refractivity contribution < 1.29 is 4.52 Å². The van der Waals surface area contributed by atoms with Gasteiger partial charge in [-0.05, 0) is 50.6 Å². The highest BCUT2D eigenvalue weighted by Gasteiger charge is 2.36. The third-order valence-electron chi connectivity index (χ3n) is 4.64. The highest BCUT2D eigenvalue weighted by molar-refractivity contribution is 4.94. The van der Waals surface area contributed by atoms with Crippen LogP contribution in [0.3, 0.4) is 0 Å². The van der Waals surface area contributed by atoms with Crippen LogP contribution in [0.2, 0.25) is 0 Å². The molecule has 5 heteroatoms. The second-order valence-corrected chi connectivity index (χ2v) is 6.45. The van der Waals surface area contributed by atoms with Crippen LogP contribution in [-0.4, -0.2) is 41.2 Å². The van der Waals surface area contributed by atoms with Crippen LogP contribution in [0, 0.1) is 5.41 Å². The molecule has 1 N–H and O–H groups in total. The zero-order chi connectivity index (χ0) is 13.8. The molecule has 0 aliphatic carbocycles. The molecular formula is C15H26N4O. The van der Waals surface area contributed by atoms with Crippen molar-refractivity contribution in [3.63, 3.8) is 0 Å². The second-order valence-electron chi connectivity index (χ2n) is 6.45. The van der Waals surface area contributed by atoms with E-state index in [2.05, 4.69) is 27.3 Å². The van der Waals surface area contributed by atoms with Gasteiger partial charge in [0.15, 0.2) is 5.82 Å². The molecule has 20 heavy (non-hydrogen) atoms. The van der Waals surface area contributed by atoms with E-state index in [0.717, 1.165) is 31.1 Å². The zero-order valence-corrected chi connectivity index (χ0v) is 12.5. The zero-order valence-electron chi connectivity index (χ0n) is 12.5. The molecule has 3 heterocycles. The molecule has 1 spiro atoms. The minimum Gasteiger partial charge on any atom is -0.339 e. The van der Waals surface area contributed by atoms with Crippen LogP contribution < -0.4 is 5.32 Å². The first-order valence-corrected chi connectivity index (χ1v) is 8.04. The van der Waals surface area contributed by atoms with Crippen LogP contribution >= 0.6 is 0 Å². The van der Waals surface area contributed by atoms with E-state index >= 15 is 0 Å². The Bertz CT molecular complexity index is 420. The van der Waals surface area contributed by atoms with Gasteiger partial charge in [-0.25, -0.2) is 0 Å². The highest BCUT2D eigenvalue weighted by atomic mass is 16.5. The van der Waals surface area contributed by atoms with E-state index in [9.17, 15) is 0 Å². The Labute approximate surface area is 121 Å². The molecule has 1 unspecified atom stereocenters. The van der Waals surface area contributed by atoms with Gasteiger partial charge in [0.05, 0.1) is 6.54 Å². The molecule has 1 atom stereocenters. The van der Waals surface area contributed by atoms with Gasteiger partial charge < -0.3 is 9.84 Å². The van der Waals surface area contributed by atoms with E-state index in [1.54, 1.807) is 0 Å². The second kappa shape index (κ2) is 6.22. The lowest BCUT2D eigenvalue weighted by Gasteiger charge is -2.45. The Kier molecular flexibility index (Phi) is 4.36. The molecule has 0 aromatic carbocycles. The normalized spacial score (nSPS) is 28.1. The largest absolute Gasteiger partial charge is 0.339 e. The van der Waals surface area contributed by atoms with Gasteiger partial charge in [0, 0.05) is 19.5 Å². The third kappa shape index (κ3) is 3.20. The summed E-state index contributed by atoms with van der Waals surface area (Å²) in [4.78, 5) is 7.00. The van der Waals surface area contributed by atoms with E-state index in [1.807, 2.05) is 0 Å². The predicted octanol–water partition coefficient (Wildman–Crippen LogP) is 1.99. The first-order chi connectivity index (χ1) is 9.80. The standard InChI is InChI=1S/C15H26N4O/c1-2-5-14-17-13(18-20-14)10-19-9-4-7-15(12-19)6-3-8-16-11-15/h16H,2-12H2,1H3. The molecule has 0 bridgehead atoms. The van der Waals surface area contributed by atoms with Crippen molar-refractivity contribution in [1.29, 1.82) is 0 Å². The summed E-state index contributed by atoms with van der Waals surface area (Å²) in [6.07, 6.45) is 7.28. The lowest BCUT2D eigenvalue weighted by atomic mass is 9.74. The summed E-state index contributed by atoms with van der Waals surface area (Å²) in [5, 5.41) is 7.69. The Morgan fingerprint density at radius 2 is 2.25 bits per heavy atom. The summed E-state index contributed by atoms with van der Waals surface area (Å²) in [5.41, 5.74) is 0.493. The number of hydrogen-bond acceptors (Lipinski definition) is 5. The molecular weight excluding hydrogens is 252 g/mol. The maximum absolute atomic E-state index is 5.28. The molecule has 2 aliphatic rings. The smallest absolute Gasteiger partial charge is 0.226 e. The van der Waals surface area contributed by atoms with Gasteiger partial charge in [0.2, 0.25) is 5.89 Å². The fourth-order valence-corrected chi connectivity index (χ4v) is 3.69. The van der Waals surface area contributed by atoms with E-state index in [-0.39, 0.29) is 0 Å². The summed E-state index contributed by atoms with van der Waals surface area (Å²) in [6, 6.07) is 0. The number of nitrogens with one attached hydrogen (secondary N) is 1. The molecule has 112 valence electrons. The molecule has 0 amide bonds. The predicted molar refractivity (Wildman–Crippen MR) is 77.3 cm³/mol. The van der Waals surface area contributed by atoms with Crippen molar-refractivity contribution in [2.75, 3.05) is 26.2 Å². The number of likely N-dealkylation sites (tertiary alicyclic amines) is 1. The van der Waals surface area contributed by atoms with Gasteiger partial charge in [-0.1, -0.05) is 12.1 Å². The average molecular weight is 278 g/mol. The monoisotopic (exact) mass is 278 g/mol. The van der Waals surface area contributed by atoms with Crippen LogP contribution in [0.25, 0.3) is 0 Å². The number of nitrogens with zero attached hydrogens (tertiary/aromatic N) is 3. The minimum atomic E-state index is 0.493. The third-order valence-corrected chi connectivity index (χ3v) is 4.64. The average Bonchev–Trinajstić information content (AvgIpc) is 2.87. The van der Waals surface area contributed by atoms with Crippen LogP contribution in [0.1, 0.15) is 50.7 Å². The number of hydrogen-bond donors (Lipinski definition) is 1. The maximum atomic E-state index is 5.28. The molecule has 3 rings (SSSR count). The van der Waals surface area contributed by atoms with Gasteiger partial charge >= 0.3 is 0 Å². The molecule has 5 nitrogen and oxygen atoms in total. The van der Waals surface area contributed by atoms with Crippen molar-refractivity contribution in [3.05, 3.63) is 11.7 Å². The van der Waals surface area contributed by atoms with Crippen molar-refractivity contribution in [1.82, 2.24) is 20.4 Å². The fraction of sp³-hybridized carbons (Fsp3) is 0.867. The molecule has 0 saturated carbocycles. The molecule has 2 fully saturated rings. The molecule has 2 aliphatic heterocycles. The maximum Gasteiger partial charge on any atom is 0.226 e. The first-order valence-electron chi connectivity index (χ1n) is 8.04. The first kappa shape index (κ1) is 14.0. The number of aromatic nitrogens is 2. The lowest BCUT2D eigenvalue weighted by Crippen LogP contribution is -2.50. The minimum absolute atomic E-state index is 0.493. The fourth-order valence-electron chi connectivity index (χ4n) is 3.69. The molecule has 1 aromatic rings. The summed E-state index contributed by atoms with van der Waals surface area (Å²) in [5.74, 6) is 1.64.